The van der Waals surface area contributed by atoms with E-state index in [0.717, 1.165) is 35.1 Å². The third kappa shape index (κ3) is 5.57. The highest BCUT2D eigenvalue weighted by atomic mass is 32.1. The van der Waals surface area contributed by atoms with E-state index in [-0.39, 0.29) is 5.91 Å². The Kier molecular flexibility index (Phi) is 7.33. The van der Waals surface area contributed by atoms with Gasteiger partial charge in [0.05, 0.1) is 7.11 Å². The van der Waals surface area contributed by atoms with Gasteiger partial charge >= 0.3 is 5.97 Å². The maximum Gasteiger partial charge on any atom is 0.341 e. The molecule has 0 saturated carbocycles. The molecule has 0 aliphatic rings. The first-order chi connectivity index (χ1) is 16.2. The van der Waals surface area contributed by atoms with E-state index in [1.165, 1.54) is 24.0 Å². The van der Waals surface area contributed by atoms with Crippen LogP contribution in [-0.2, 0) is 16.0 Å². The van der Waals surface area contributed by atoms with Crippen molar-refractivity contribution in [3.63, 3.8) is 0 Å². The number of ether oxygens (including phenoxy) is 1. The second kappa shape index (κ2) is 10.7. The third-order valence-electron chi connectivity index (χ3n) is 5.45. The number of carbonyl (C=O) groups is 2. The highest BCUT2D eigenvalue weighted by Crippen LogP contribution is 2.37. The van der Waals surface area contributed by atoms with Gasteiger partial charge in [-0.3, -0.25) is 4.79 Å². The van der Waals surface area contributed by atoms with Crippen molar-refractivity contribution >= 4 is 28.2 Å². The number of hydrogen-bond acceptors (Lipinski definition) is 4. The van der Waals surface area contributed by atoms with Crippen molar-refractivity contribution in [1.29, 1.82) is 0 Å². The lowest BCUT2D eigenvalue weighted by Crippen LogP contribution is -2.14. The molecule has 1 heterocycles. The van der Waals surface area contributed by atoms with E-state index in [4.69, 9.17) is 4.74 Å². The van der Waals surface area contributed by atoms with Gasteiger partial charge in [0.15, 0.2) is 0 Å². The quantitative estimate of drug-likeness (QED) is 0.296. The number of esters is 1. The van der Waals surface area contributed by atoms with Crippen LogP contribution in [0.25, 0.3) is 22.3 Å². The minimum absolute atomic E-state index is 0.107. The van der Waals surface area contributed by atoms with Crippen molar-refractivity contribution in [2.75, 3.05) is 12.4 Å². The van der Waals surface area contributed by atoms with Gasteiger partial charge in [-0.1, -0.05) is 84.9 Å². The van der Waals surface area contributed by atoms with Crippen molar-refractivity contribution < 1.29 is 14.3 Å². The molecule has 0 bridgehead atoms. The lowest BCUT2D eigenvalue weighted by Gasteiger charge is -2.09. The molecule has 0 atom stereocenters. The molecule has 4 rings (SSSR count). The highest BCUT2D eigenvalue weighted by molar-refractivity contribution is 7.15. The number of anilines is 1. The molecule has 166 valence electrons. The van der Waals surface area contributed by atoms with Gasteiger partial charge in [0.1, 0.15) is 10.6 Å². The maximum absolute atomic E-state index is 12.6. The van der Waals surface area contributed by atoms with Gasteiger partial charge in [-0.2, -0.15) is 0 Å². The molecule has 0 saturated heterocycles. The van der Waals surface area contributed by atoms with E-state index >= 15 is 0 Å². The summed E-state index contributed by atoms with van der Waals surface area (Å²) >= 11 is 1.34. The van der Waals surface area contributed by atoms with Crippen LogP contribution >= 0.6 is 11.3 Å². The average Bonchev–Trinajstić information content (AvgIpc) is 3.28. The van der Waals surface area contributed by atoms with Crippen LogP contribution in [-0.4, -0.2) is 19.0 Å². The third-order valence-corrected chi connectivity index (χ3v) is 6.34. The van der Waals surface area contributed by atoms with Crippen molar-refractivity contribution in [1.82, 2.24) is 0 Å². The molecule has 1 aromatic heterocycles. The standard InChI is InChI=1S/C28H25NO3S/c1-32-28(31)26-24(23-17-15-22(16-18-23)21-12-6-3-7-13-21)19-33-27(26)29-25(30)14-8-11-20-9-4-2-5-10-20/h2-7,9-10,12-13,15-19H,8,11,14H2,1H3,(H,29,30). The fraction of sp³-hybridized carbons (Fsp3) is 0.143. The molecule has 0 fully saturated rings. The van der Waals surface area contributed by atoms with Gasteiger partial charge < -0.3 is 10.1 Å². The number of carbonyl (C=O) groups excluding carboxylic acids is 2. The Morgan fingerprint density at radius 2 is 1.42 bits per heavy atom. The SMILES string of the molecule is COC(=O)c1c(-c2ccc(-c3ccccc3)cc2)csc1NC(=O)CCCc1ccccc1. The summed E-state index contributed by atoms with van der Waals surface area (Å²) in [5.41, 5.74) is 5.48. The van der Waals surface area contributed by atoms with Gasteiger partial charge in [-0.15, -0.1) is 11.3 Å². The average molecular weight is 456 g/mol. The zero-order valence-electron chi connectivity index (χ0n) is 18.4. The lowest BCUT2D eigenvalue weighted by atomic mass is 9.99. The van der Waals surface area contributed by atoms with E-state index in [1.54, 1.807) is 0 Å². The Labute approximate surface area is 197 Å². The smallest absolute Gasteiger partial charge is 0.341 e. The van der Waals surface area contributed by atoms with Gasteiger partial charge in [-0.05, 0) is 35.1 Å². The Morgan fingerprint density at radius 3 is 2.09 bits per heavy atom. The molecule has 4 nitrogen and oxygen atoms in total. The van der Waals surface area contributed by atoms with Gasteiger partial charge in [0.25, 0.3) is 0 Å². The van der Waals surface area contributed by atoms with Crippen LogP contribution in [0.3, 0.4) is 0 Å². The minimum Gasteiger partial charge on any atom is -0.465 e. The number of amides is 1. The summed E-state index contributed by atoms with van der Waals surface area (Å²) in [5, 5.41) is 5.33. The molecule has 0 aliphatic heterocycles. The molecule has 4 aromatic rings. The van der Waals surface area contributed by atoms with E-state index in [9.17, 15) is 9.59 Å². The summed E-state index contributed by atoms with van der Waals surface area (Å²) < 4.78 is 5.03. The number of benzene rings is 3. The number of rotatable bonds is 8. The fourth-order valence-corrected chi connectivity index (χ4v) is 4.70. The normalized spacial score (nSPS) is 10.6. The van der Waals surface area contributed by atoms with Gasteiger partial charge in [0.2, 0.25) is 5.91 Å². The first-order valence-corrected chi connectivity index (χ1v) is 11.7. The Balaban J connectivity index is 1.49. The Morgan fingerprint density at radius 1 is 0.818 bits per heavy atom. The summed E-state index contributed by atoms with van der Waals surface area (Å²) in [7, 11) is 1.35. The number of thiophene rings is 1. The molecular weight excluding hydrogens is 430 g/mol. The summed E-state index contributed by atoms with van der Waals surface area (Å²) in [6.07, 6.45) is 1.96. The highest BCUT2D eigenvalue weighted by Gasteiger charge is 2.22. The summed E-state index contributed by atoms with van der Waals surface area (Å²) in [4.78, 5) is 25.1. The van der Waals surface area contributed by atoms with Gasteiger partial charge in [0, 0.05) is 17.4 Å². The van der Waals surface area contributed by atoms with Crippen LogP contribution in [0.4, 0.5) is 5.00 Å². The summed E-state index contributed by atoms with van der Waals surface area (Å²) in [6.45, 7) is 0. The van der Waals surface area contributed by atoms with Gasteiger partial charge in [-0.25, -0.2) is 4.79 Å². The monoisotopic (exact) mass is 455 g/mol. The van der Waals surface area contributed by atoms with Crippen LogP contribution in [0.1, 0.15) is 28.8 Å². The van der Waals surface area contributed by atoms with E-state index in [1.807, 2.05) is 66.0 Å². The van der Waals surface area contributed by atoms with Crippen LogP contribution < -0.4 is 5.32 Å². The number of nitrogens with one attached hydrogen (secondary N) is 1. The van der Waals surface area contributed by atoms with Crippen molar-refractivity contribution in [2.24, 2.45) is 0 Å². The van der Waals surface area contributed by atoms with E-state index in [0.29, 0.717) is 17.0 Å². The molecule has 0 radical (unpaired) electrons. The molecule has 0 aliphatic carbocycles. The molecule has 33 heavy (non-hydrogen) atoms. The molecule has 3 aromatic carbocycles. The fourth-order valence-electron chi connectivity index (χ4n) is 3.73. The second-order valence-electron chi connectivity index (χ2n) is 7.68. The second-order valence-corrected chi connectivity index (χ2v) is 8.56. The maximum atomic E-state index is 12.6. The minimum atomic E-state index is -0.460. The van der Waals surface area contributed by atoms with Crippen molar-refractivity contribution in [3.8, 4) is 22.3 Å². The summed E-state index contributed by atoms with van der Waals surface area (Å²) in [6, 6.07) is 28.3. The van der Waals surface area contributed by atoms with E-state index < -0.39 is 5.97 Å². The molecule has 1 N–H and O–H groups in total. The molecule has 0 unspecified atom stereocenters. The van der Waals surface area contributed by atoms with Crippen LogP contribution in [0.5, 0.6) is 0 Å². The van der Waals surface area contributed by atoms with Crippen molar-refractivity contribution in [2.45, 2.75) is 19.3 Å². The predicted octanol–water partition coefficient (Wildman–Crippen LogP) is 6.83. The topological polar surface area (TPSA) is 55.4 Å². The zero-order chi connectivity index (χ0) is 23.0. The first kappa shape index (κ1) is 22.5. The zero-order valence-corrected chi connectivity index (χ0v) is 19.2. The molecule has 5 heteroatoms. The summed E-state index contributed by atoms with van der Waals surface area (Å²) in [5.74, 6) is -0.568. The number of hydrogen-bond donors (Lipinski definition) is 1. The van der Waals surface area contributed by atoms with Crippen molar-refractivity contribution in [3.05, 3.63) is 101 Å². The predicted molar refractivity (Wildman–Crippen MR) is 135 cm³/mol. The lowest BCUT2D eigenvalue weighted by molar-refractivity contribution is -0.116. The largest absolute Gasteiger partial charge is 0.465 e. The van der Waals surface area contributed by atoms with E-state index in [2.05, 4.69) is 29.6 Å². The Hall–Kier alpha value is -3.70. The van der Waals surface area contributed by atoms with Crippen LogP contribution in [0, 0.1) is 0 Å². The Bertz CT molecular complexity index is 1220. The number of methoxy groups -OCH3 is 1. The van der Waals surface area contributed by atoms with Crippen LogP contribution in [0.2, 0.25) is 0 Å². The molecule has 1 amide bonds. The van der Waals surface area contributed by atoms with Crippen LogP contribution in [0.15, 0.2) is 90.3 Å². The molecule has 0 spiro atoms. The molecular formula is C28H25NO3S. The number of aryl methyl sites for hydroxylation is 1. The first-order valence-electron chi connectivity index (χ1n) is 10.8.